The maximum atomic E-state index is 13.5. The summed E-state index contributed by atoms with van der Waals surface area (Å²) in [5.41, 5.74) is 1.26. The number of hydrogen-bond acceptors (Lipinski definition) is 13. The molecule has 5 amide bonds. The van der Waals surface area contributed by atoms with Gasteiger partial charge in [-0.25, -0.2) is 0 Å². The van der Waals surface area contributed by atoms with Gasteiger partial charge in [0.2, 0.25) is 11.8 Å². The molecule has 3 N–H and O–H groups in total. The number of nitrogens with one attached hydrogen (secondary N) is 2. The molecule has 1 aliphatic carbocycles. The first-order valence-electron chi connectivity index (χ1n) is 19.7. The first-order chi connectivity index (χ1) is 28.6. The Hall–Kier alpha value is -6.09. The van der Waals surface area contributed by atoms with Gasteiger partial charge in [-0.2, -0.15) is 5.26 Å². The summed E-state index contributed by atoms with van der Waals surface area (Å²) in [5.74, 6) is -0.861. The Labute approximate surface area is 343 Å². The van der Waals surface area contributed by atoms with Crippen molar-refractivity contribution >= 4 is 57.9 Å². The monoisotopic (exact) mass is 823 g/mol. The van der Waals surface area contributed by atoms with E-state index in [1.807, 2.05) is 12.1 Å². The number of piperidine rings is 1. The number of piperazine rings is 1. The molecule has 4 aliphatic rings. The number of nitriles is 1. The van der Waals surface area contributed by atoms with Crippen LogP contribution in [0, 0.1) is 11.3 Å². The fraction of sp³-hybridized carbons (Fsp3) is 0.415. The van der Waals surface area contributed by atoms with E-state index in [9.17, 15) is 29.1 Å². The molecule has 5 heterocycles. The molecule has 59 heavy (non-hydrogen) atoms. The predicted molar refractivity (Wildman–Crippen MR) is 212 cm³/mol. The molecule has 0 bridgehead atoms. The van der Waals surface area contributed by atoms with Gasteiger partial charge in [-0.15, -0.1) is 10.2 Å². The Balaban J connectivity index is 0.764. The highest BCUT2D eigenvalue weighted by atomic mass is 35.5. The van der Waals surface area contributed by atoms with Crippen molar-refractivity contribution < 1.29 is 38.6 Å². The average Bonchev–Trinajstić information content (AvgIpc) is 3.70. The molecule has 0 radical (unpaired) electrons. The number of aromatic nitrogens is 3. The Bertz CT molecular complexity index is 2350. The number of aliphatic hydroxyl groups excluding tert-OH is 1. The second kappa shape index (κ2) is 17.0. The Morgan fingerprint density at radius 2 is 1.73 bits per heavy atom. The van der Waals surface area contributed by atoms with Crippen LogP contribution < -0.4 is 25.0 Å². The summed E-state index contributed by atoms with van der Waals surface area (Å²) in [7, 11) is 0. The van der Waals surface area contributed by atoms with Crippen molar-refractivity contribution in [1.29, 1.82) is 5.26 Å². The number of ether oxygens (including phenoxy) is 2. The smallest absolute Gasteiger partial charge is 0.279 e. The highest BCUT2D eigenvalue weighted by Gasteiger charge is 2.47. The van der Waals surface area contributed by atoms with E-state index in [0.717, 1.165) is 69.7 Å². The molecule has 2 aromatic heterocycles. The van der Waals surface area contributed by atoms with Crippen LogP contribution in [0.2, 0.25) is 5.02 Å². The van der Waals surface area contributed by atoms with Gasteiger partial charge in [0.25, 0.3) is 17.7 Å². The van der Waals surface area contributed by atoms with Crippen LogP contribution in [0.4, 0.5) is 5.82 Å². The molecule has 2 saturated heterocycles. The quantitative estimate of drug-likeness (QED) is 0.139. The van der Waals surface area contributed by atoms with Crippen molar-refractivity contribution in [3.05, 3.63) is 76.1 Å². The van der Waals surface area contributed by atoms with Crippen LogP contribution in [0.3, 0.4) is 0 Å². The lowest BCUT2D eigenvalue weighted by molar-refractivity contribution is -0.136. The van der Waals surface area contributed by atoms with Crippen LogP contribution >= 0.6 is 11.6 Å². The summed E-state index contributed by atoms with van der Waals surface area (Å²) in [6, 6.07) is 14.6. The van der Waals surface area contributed by atoms with Crippen LogP contribution in [0.1, 0.15) is 81.8 Å². The van der Waals surface area contributed by atoms with Crippen molar-refractivity contribution in [2.75, 3.05) is 44.2 Å². The summed E-state index contributed by atoms with van der Waals surface area (Å²) >= 11 is 6.14. The molecule has 3 aliphatic heterocycles. The zero-order chi connectivity index (χ0) is 41.2. The topological polar surface area (TPSA) is 212 Å². The van der Waals surface area contributed by atoms with E-state index in [4.69, 9.17) is 26.3 Å². The number of imide groups is 2. The number of nitrogens with zero attached hydrogens (tertiary/aromatic N) is 7. The lowest BCUT2D eigenvalue weighted by Crippen LogP contribution is -2.54. The molecule has 1 atom stereocenters. The number of benzene rings is 2. The Morgan fingerprint density at radius 1 is 0.949 bits per heavy atom. The lowest BCUT2D eigenvalue weighted by Gasteiger charge is -2.35. The first kappa shape index (κ1) is 39.7. The van der Waals surface area contributed by atoms with Crippen molar-refractivity contribution in [3.8, 4) is 17.6 Å². The number of carbonyl (C=O) groups is 5. The second-order valence-electron chi connectivity index (χ2n) is 15.0. The third-order valence-electron chi connectivity index (χ3n) is 11.4. The maximum absolute atomic E-state index is 13.5. The van der Waals surface area contributed by atoms with E-state index in [2.05, 4.69) is 30.6 Å². The molecule has 4 aromatic rings. The minimum atomic E-state index is -1.09. The largest absolute Gasteiger partial charge is 0.493 e. The fourth-order valence-corrected chi connectivity index (χ4v) is 8.49. The van der Waals surface area contributed by atoms with Crippen molar-refractivity contribution in [2.24, 2.45) is 0 Å². The number of fused-ring (bicyclic) bond motifs is 3. The molecule has 17 nitrogen and oxygen atoms in total. The number of carbonyl (C=O) groups excluding carboxylic acids is 5. The Kier molecular flexibility index (Phi) is 11.5. The molecule has 18 heteroatoms. The lowest BCUT2D eigenvalue weighted by atomic mass is 9.93. The molecule has 2 aromatic carbocycles. The number of halogens is 1. The predicted octanol–water partition coefficient (Wildman–Crippen LogP) is 3.02. The van der Waals surface area contributed by atoms with Crippen molar-refractivity contribution in [2.45, 2.75) is 69.9 Å². The SMILES string of the molecule is N#Cc1ccc(OC2CCC(NC(=O)c3ccc(N4CCN(CCCOc5ccc6c7c(n(CO)c6c5)C(=O)N(C5CCC(=O)NC5=O)C7=O)CC4)nn3)CC2)cc1Cl. The highest BCUT2D eigenvalue weighted by molar-refractivity contribution is 6.32. The van der Waals surface area contributed by atoms with Crippen LogP contribution in [0.15, 0.2) is 48.5 Å². The summed E-state index contributed by atoms with van der Waals surface area (Å²) < 4.78 is 13.4. The number of amides is 5. The third kappa shape index (κ3) is 8.16. The molecular weight excluding hydrogens is 782 g/mol. The van der Waals surface area contributed by atoms with E-state index in [-0.39, 0.29) is 47.8 Å². The maximum Gasteiger partial charge on any atom is 0.279 e. The number of hydrogen-bond donors (Lipinski definition) is 3. The van der Waals surface area contributed by atoms with Gasteiger partial charge >= 0.3 is 0 Å². The standard InChI is InChI=1S/C41H42ClN9O8/c42-30-20-28(5-2-24(30)22-43)59-26-6-3-25(4-7-26)44-38(54)31-10-12-34(47-46-31)49-17-15-48(16-18-49)14-1-19-58-27-8-9-29-33(21-27)50(23-52)37-36(29)40(56)51(41(37)57)32-11-13-35(53)45-39(32)55/h2,5,8-10,12,20-21,25-26,32,52H,1,3-4,6-7,11,13-19,23H2,(H,44,54)(H,45,53,55). The van der Waals surface area contributed by atoms with Crippen molar-refractivity contribution in [1.82, 2.24) is 35.2 Å². The van der Waals surface area contributed by atoms with Gasteiger partial charge in [-0.3, -0.25) is 39.1 Å². The normalized spacial score (nSPS) is 21.0. The van der Waals surface area contributed by atoms with Crippen LogP contribution in [0.5, 0.6) is 11.5 Å². The number of aliphatic hydroxyl groups is 1. The van der Waals surface area contributed by atoms with Gasteiger partial charge < -0.3 is 29.4 Å². The van der Waals surface area contributed by atoms with Gasteiger partial charge in [0.15, 0.2) is 11.5 Å². The molecule has 0 spiro atoms. The molecular formula is C41H42ClN9O8. The zero-order valence-corrected chi connectivity index (χ0v) is 32.8. The van der Waals surface area contributed by atoms with E-state index in [1.54, 1.807) is 42.5 Å². The van der Waals surface area contributed by atoms with Gasteiger partial charge in [0, 0.05) is 62.7 Å². The Morgan fingerprint density at radius 3 is 2.42 bits per heavy atom. The summed E-state index contributed by atoms with van der Waals surface area (Å²) in [6.45, 7) is 3.79. The zero-order valence-electron chi connectivity index (χ0n) is 32.1. The number of rotatable bonds is 12. The van der Waals surface area contributed by atoms with E-state index in [1.165, 1.54) is 4.57 Å². The van der Waals surface area contributed by atoms with Crippen molar-refractivity contribution in [3.63, 3.8) is 0 Å². The summed E-state index contributed by atoms with van der Waals surface area (Å²) in [5, 5.41) is 34.0. The fourth-order valence-electron chi connectivity index (χ4n) is 8.27. The summed E-state index contributed by atoms with van der Waals surface area (Å²) in [4.78, 5) is 69.3. The average molecular weight is 824 g/mol. The van der Waals surface area contributed by atoms with Gasteiger partial charge in [-0.1, -0.05) is 11.6 Å². The molecule has 306 valence electrons. The van der Waals surface area contributed by atoms with Crippen LogP contribution in [0.25, 0.3) is 10.9 Å². The van der Waals surface area contributed by atoms with E-state index in [0.29, 0.717) is 45.4 Å². The van der Waals surface area contributed by atoms with E-state index >= 15 is 0 Å². The van der Waals surface area contributed by atoms with Gasteiger partial charge in [-0.05, 0) is 74.9 Å². The summed E-state index contributed by atoms with van der Waals surface area (Å²) in [6.07, 6.45) is 3.89. The van der Waals surface area contributed by atoms with Crippen LogP contribution in [-0.4, -0.2) is 117 Å². The highest BCUT2D eigenvalue weighted by Crippen LogP contribution is 2.37. The second-order valence-corrected chi connectivity index (χ2v) is 15.5. The number of anilines is 1. The minimum absolute atomic E-state index is 0.00402. The van der Waals surface area contributed by atoms with E-state index < -0.39 is 36.4 Å². The molecule has 3 fully saturated rings. The molecule has 8 rings (SSSR count). The molecule has 1 saturated carbocycles. The first-order valence-corrected chi connectivity index (χ1v) is 20.1. The van der Waals surface area contributed by atoms with Gasteiger partial charge in [0.05, 0.1) is 34.4 Å². The van der Waals surface area contributed by atoms with Crippen LogP contribution in [-0.2, 0) is 16.3 Å². The minimum Gasteiger partial charge on any atom is -0.493 e. The third-order valence-corrected chi connectivity index (χ3v) is 11.7. The molecule has 1 unspecified atom stereocenters. The van der Waals surface area contributed by atoms with Gasteiger partial charge in [0.1, 0.15) is 36.0 Å².